The van der Waals surface area contributed by atoms with Gasteiger partial charge in [0.05, 0.1) is 18.8 Å². The van der Waals surface area contributed by atoms with Crippen LogP contribution in [0.3, 0.4) is 0 Å². The zero-order valence-electron chi connectivity index (χ0n) is 13.7. The lowest BCUT2D eigenvalue weighted by molar-refractivity contribution is 0.0276. The van der Waals surface area contributed by atoms with E-state index >= 15 is 0 Å². The molecule has 0 aliphatic carbocycles. The lowest BCUT2D eigenvalue weighted by Crippen LogP contribution is -2.34. The van der Waals surface area contributed by atoms with Gasteiger partial charge in [0.2, 0.25) is 0 Å². The van der Waals surface area contributed by atoms with Crippen molar-refractivity contribution >= 4 is 0 Å². The highest BCUT2D eigenvalue weighted by Gasteiger charge is 2.24. The summed E-state index contributed by atoms with van der Waals surface area (Å²) < 4.78 is 11.6. The molecule has 2 atom stereocenters. The number of hydrogen-bond donors (Lipinski definition) is 1. The van der Waals surface area contributed by atoms with Crippen molar-refractivity contribution in [3.8, 4) is 5.75 Å². The minimum atomic E-state index is 0.243. The van der Waals surface area contributed by atoms with Crippen LogP contribution in [0, 0.1) is 0 Å². The first kappa shape index (κ1) is 16.3. The number of nitrogens with one attached hydrogen (secondary N) is 1. The van der Waals surface area contributed by atoms with Crippen molar-refractivity contribution < 1.29 is 9.47 Å². The van der Waals surface area contributed by atoms with Gasteiger partial charge in [-0.25, -0.2) is 0 Å². The molecule has 1 aliphatic heterocycles. The highest BCUT2D eigenvalue weighted by molar-refractivity contribution is 5.41. The Hall–Kier alpha value is -1.06. The summed E-state index contributed by atoms with van der Waals surface area (Å²) in [5.41, 5.74) is 2.67. The summed E-state index contributed by atoms with van der Waals surface area (Å²) in [5.74, 6) is 1.05. The summed E-state index contributed by atoms with van der Waals surface area (Å²) in [5, 5.41) is 3.68. The third kappa shape index (κ3) is 4.21. The predicted molar refractivity (Wildman–Crippen MR) is 87.0 cm³/mol. The maximum absolute atomic E-state index is 6.02. The van der Waals surface area contributed by atoms with Crippen LogP contribution in [0.5, 0.6) is 5.75 Å². The molecule has 3 heteroatoms. The van der Waals surface area contributed by atoms with Crippen molar-refractivity contribution in [1.82, 2.24) is 5.32 Å². The summed E-state index contributed by atoms with van der Waals surface area (Å²) in [7, 11) is 0. The fourth-order valence-electron chi connectivity index (χ4n) is 3.01. The Balaban J connectivity index is 2.20. The second-order valence-corrected chi connectivity index (χ2v) is 5.68. The molecule has 2 rings (SSSR count). The van der Waals surface area contributed by atoms with Crippen molar-refractivity contribution in [2.45, 2.75) is 58.6 Å². The lowest BCUT2D eigenvalue weighted by atomic mass is 9.95. The first-order valence-corrected chi connectivity index (χ1v) is 8.40. The fraction of sp³-hybridized carbons (Fsp3) is 0.667. The van der Waals surface area contributed by atoms with E-state index in [0.717, 1.165) is 51.2 Å². The van der Waals surface area contributed by atoms with Gasteiger partial charge < -0.3 is 14.8 Å². The molecule has 0 spiro atoms. The van der Waals surface area contributed by atoms with Crippen LogP contribution in [0.1, 0.15) is 57.2 Å². The van der Waals surface area contributed by atoms with Crippen LogP contribution in [0.25, 0.3) is 0 Å². The van der Waals surface area contributed by atoms with Gasteiger partial charge in [-0.3, -0.25) is 0 Å². The summed E-state index contributed by atoms with van der Waals surface area (Å²) >= 11 is 0. The minimum Gasteiger partial charge on any atom is -0.493 e. The van der Waals surface area contributed by atoms with E-state index in [1.54, 1.807) is 0 Å². The quantitative estimate of drug-likeness (QED) is 0.749. The molecule has 0 saturated heterocycles. The molecule has 1 aliphatic rings. The van der Waals surface area contributed by atoms with Gasteiger partial charge in [-0.05, 0) is 43.5 Å². The van der Waals surface area contributed by atoms with Crippen molar-refractivity contribution in [1.29, 1.82) is 0 Å². The van der Waals surface area contributed by atoms with Gasteiger partial charge >= 0.3 is 0 Å². The Morgan fingerprint density at radius 3 is 2.81 bits per heavy atom. The Kier molecular flexibility index (Phi) is 6.52. The summed E-state index contributed by atoms with van der Waals surface area (Å²) in [4.78, 5) is 0. The van der Waals surface area contributed by atoms with Crippen LogP contribution in [-0.4, -0.2) is 25.9 Å². The van der Waals surface area contributed by atoms with E-state index in [0.29, 0.717) is 0 Å². The van der Waals surface area contributed by atoms with Crippen LogP contribution in [0.4, 0.5) is 0 Å². The molecule has 1 N–H and O–H groups in total. The molecule has 21 heavy (non-hydrogen) atoms. The molecule has 3 nitrogen and oxygen atoms in total. The monoisotopic (exact) mass is 291 g/mol. The topological polar surface area (TPSA) is 30.5 Å². The van der Waals surface area contributed by atoms with E-state index in [9.17, 15) is 0 Å². The van der Waals surface area contributed by atoms with E-state index < -0.39 is 0 Å². The van der Waals surface area contributed by atoms with E-state index in [-0.39, 0.29) is 12.1 Å². The zero-order valence-corrected chi connectivity index (χ0v) is 13.7. The van der Waals surface area contributed by atoms with E-state index in [1.165, 1.54) is 11.1 Å². The molecule has 2 unspecified atom stereocenters. The summed E-state index contributed by atoms with van der Waals surface area (Å²) in [6.07, 6.45) is 4.63. The van der Waals surface area contributed by atoms with Crippen LogP contribution < -0.4 is 10.1 Å². The second kappa shape index (κ2) is 8.40. The van der Waals surface area contributed by atoms with Crippen molar-refractivity contribution in [3.63, 3.8) is 0 Å². The number of fused-ring (bicyclic) bond motifs is 1. The van der Waals surface area contributed by atoms with Gasteiger partial charge in [-0.1, -0.05) is 32.4 Å². The van der Waals surface area contributed by atoms with E-state index in [2.05, 4.69) is 44.3 Å². The molecule has 0 radical (unpaired) electrons. The SMILES string of the molecule is CCCNC(c1ccc2c(c1)CCO2)C(CCC)OCC. The Bertz CT molecular complexity index is 427. The molecule has 0 amide bonds. The van der Waals surface area contributed by atoms with E-state index in [4.69, 9.17) is 9.47 Å². The molecular formula is C18H29NO2. The van der Waals surface area contributed by atoms with Crippen LogP contribution in [0.15, 0.2) is 18.2 Å². The third-order valence-electron chi connectivity index (χ3n) is 4.01. The zero-order chi connectivity index (χ0) is 15.1. The van der Waals surface area contributed by atoms with Gasteiger partial charge in [-0.2, -0.15) is 0 Å². The van der Waals surface area contributed by atoms with Crippen LogP contribution >= 0.6 is 0 Å². The number of ether oxygens (including phenoxy) is 2. The van der Waals surface area contributed by atoms with Crippen LogP contribution in [0.2, 0.25) is 0 Å². The lowest BCUT2D eigenvalue weighted by Gasteiger charge is -2.28. The molecule has 1 aromatic rings. The van der Waals surface area contributed by atoms with Gasteiger partial charge in [0.15, 0.2) is 0 Å². The molecule has 1 heterocycles. The van der Waals surface area contributed by atoms with Gasteiger partial charge in [-0.15, -0.1) is 0 Å². The average molecular weight is 291 g/mol. The molecule has 0 fully saturated rings. The minimum absolute atomic E-state index is 0.243. The molecule has 0 saturated carbocycles. The predicted octanol–water partition coefficient (Wildman–Crippen LogP) is 3.87. The Morgan fingerprint density at radius 2 is 2.10 bits per heavy atom. The highest BCUT2D eigenvalue weighted by Crippen LogP contribution is 2.30. The number of benzene rings is 1. The second-order valence-electron chi connectivity index (χ2n) is 5.68. The first-order valence-electron chi connectivity index (χ1n) is 8.40. The average Bonchev–Trinajstić information content (AvgIpc) is 2.95. The highest BCUT2D eigenvalue weighted by atomic mass is 16.5. The van der Waals surface area contributed by atoms with Crippen LogP contribution in [-0.2, 0) is 11.2 Å². The molecule has 118 valence electrons. The maximum Gasteiger partial charge on any atom is 0.122 e. The van der Waals surface area contributed by atoms with Crippen molar-refractivity contribution in [2.24, 2.45) is 0 Å². The van der Waals surface area contributed by atoms with Gasteiger partial charge in [0, 0.05) is 13.0 Å². The van der Waals surface area contributed by atoms with E-state index in [1.807, 2.05) is 0 Å². The smallest absolute Gasteiger partial charge is 0.122 e. The fourth-order valence-corrected chi connectivity index (χ4v) is 3.01. The molecule has 1 aromatic carbocycles. The number of rotatable bonds is 9. The summed E-state index contributed by atoms with van der Waals surface area (Å²) in [6, 6.07) is 6.89. The van der Waals surface area contributed by atoms with Crippen molar-refractivity contribution in [2.75, 3.05) is 19.8 Å². The normalized spacial score (nSPS) is 16.3. The van der Waals surface area contributed by atoms with Crippen molar-refractivity contribution in [3.05, 3.63) is 29.3 Å². The molecular weight excluding hydrogens is 262 g/mol. The Morgan fingerprint density at radius 1 is 1.24 bits per heavy atom. The number of hydrogen-bond acceptors (Lipinski definition) is 3. The Labute approximate surface area is 129 Å². The van der Waals surface area contributed by atoms with Gasteiger partial charge in [0.1, 0.15) is 5.75 Å². The first-order chi connectivity index (χ1) is 10.3. The standard InChI is InChI=1S/C18H29NO2/c1-4-7-17(20-6-3)18(19-11-5-2)15-8-9-16-14(13-15)10-12-21-16/h8-9,13,17-19H,4-7,10-12H2,1-3H3. The largest absolute Gasteiger partial charge is 0.493 e. The van der Waals surface area contributed by atoms with Gasteiger partial charge in [0.25, 0.3) is 0 Å². The molecule has 0 aromatic heterocycles. The molecule has 0 bridgehead atoms. The summed E-state index contributed by atoms with van der Waals surface area (Å²) in [6.45, 7) is 9.11. The maximum atomic E-state index is 6.02. The third-order valence-corrected chi connectivity index (χ3v) is 4.01.